The number of benzene rings is 1. The van der Waals surface area contributed by atoms with Crippen LogP contribution in [0.5, 0.6) is 0 Å². The third-order valence-electron chi connectivity index (χ3n) is 3.98. The summed E-state index contributed by atoms with van der Waals surface area (Å²) in [4.78, 5) is 1.87. The van der Waals surface area contributed by atoms with Gasteiger partial charge in [-0.25, -0.2) is 12.8 Å². The summed E-state index contributed by atoms with van der Waals surface area (Å²) < 4.78 is 40.7. The van der Waals surface area contributed by atoms with Crippen LogP contribution in [0.4, 0.5) is 4.39 Å². The van der Waals surface area contributed by atoms with Crippen molar-refractivity contribution in [1.29, 1.82) is 0 Å². The normalized spacial score (nSPS) is 21.6. The Labute approximate surface area is 130 Å². The smallest absolute Gasteiger partial charge is 0.246 e. The van der Waals surface area contributed by atoms with Crippen LogP contribution in [0.25, 0.3) is 0 Å². The van der Waals surface area contributed by atoms with Crippen LogP contribution < -0.4 is 0 Å². The van der Waals surface area contributed by atoms with E-state index in [1.54, 1.807) is 6.07 Å². The average Bonchev–Trinajstić information content (AvgIpc) is 2.47. The summed E-state index contributed by atoms with van der Waals surface area (Å²) in [6.45, 7) is 3.45. The molecule has 1 aromatic carbocycles. The maximum Gasteiger partial charge on any atom is 0.246 e. The third-order valence-corrected chi connectivity index (χ3v) is 6.19. The first-order valence-electron chi connectivity index (χ1n) is 6.95. The molecule has 1 atom stereocenters. The first kappa shape index (κ1) is 16.7. The average molecular weight is 335 g/mol. The second-order valence-electron chi connectivity index (χ2n) is 5.30. The molecular formula is C14H20ClFN2O2S. The standard InChI is InChI=1S/C14H20ClFN2O2S/c1-3-12-10-18(7-6-17(12)2)21(19,20)14-5-4-11(9-15)8-13(14)16/h4-5,8,12H,3,6-7,9-10H2,1-2H3. The summed E-state index contributed by atoms with van der Waals surface area (Å²) in [6, 6.07) is 4.21. The van der Waals surface area contributed by atoms with Gasteiger partial charge in [-0.15, -0.1) is 11.6 Å². The van der Waals surface area contributed by atoms with Gasteiger partial charge in [-0.3, -0.25) is 0 Å². The monoisotopic (exact) mass is 334 g/mol. The highest BCUT2D eigenvalue weighted by Gasteiger charge is 2.33. The molecule has 1 aromatic rings. The number of sulfonamides is 1. The number of alkyl halides is 1. The van der Waals surface area contributed by atoms with E-state index in [1.165, 1.54) is 16.4 Å². The van der Waals surface area contributed by atoms with E-state index in [2.05, 4.69) is 4.90 Å². The molecule has 1 aliphatic heterocycles. The molecule has 0 aromatic heterocycles. The Hall–Kier alpha value is -0.690. The molecule has 118 valence electrons. The molecule has 0 aliphatic carbocycles. The van der Waals surface area contributed by atoms with Gasteiger partial charge in [-0.1, -0.05) is 13.0 Å². The zero-order valence-corrected chi connectivity index (χ0v) is 13.8. The quantitative estimate of drug-likeness (QED) is 0.793. The lowest BCUT2D eigenvalue weighted by Gasteiger charge is -2.38. The van der Waals surface area contributed by atoms with Crippen molar-refractivity contribution in [1.82, 2.24) is 9.21 Å². The first-order chi connectivity index (χ1) is 9.90. The van der Waals surface area contributed by atoms with Crippen molar-refractivity contribution in [2.75, 3.05) is 26.7 Å². The number of rotatable bonds is 4. The maximum atomic E-state index is 14.1. The topological polar surface area (TPSA) is 40.6 Å². The number of hydrogen-bond acceptors (Lipinski definition) is 3. The predicted octanol–water partition coefficient (Wildman–Crippen LogP) is 2.28. The molecule has 1 unspecified atom stereocenters. The molecule has 0 radical (unpaired) electrons. The molecular weight excluding hydrogens is 315 g/mol. The van der Waals surface area contributed by atoms with Crippen molar-refractivity contribution < 1.29 is 12.8 Å². The zero-order valence-electron chi connectivity index (χ0n) is 12.2. The van der Waals surface area contributed by atoms with E-state index in [4.69, 9.17) is 11.6 Å². The van der Waals surface area contributed by atoms with Crippen molar-refractivity contribution in [2.45, 2.75) is 30.2 Å². The molecule has 0 saturated carbocycles. The van der Waals surface area contributed by atoms with Gasteiger partial charge >= 0.3 is 0 Å². The van der Waals surface area contributed by atoms with Crippen molar-refractivity contribution in [3.63, 3.8) is 0 Å². The van der Waals surface area contributed by atoms with E-state index < -0.39 is 15.8 Å². The number of piperazine rings is 1. The molecule has 1 heterocycles. The van der Waals surface area contributed by atoms with Crippen LogP contribution in [0.15, 0.2) is 23.1 Å². The van der Waals surface area contributed by atoms with Crippen molar-refractivity contribution in [2.24, 2.45) is 0 Å². The first-order valence-corrected chi connectivity index (χ1v) is 8.92. The minimum atomic E-state index is -3.80. The highest BCUT2D eigenvalue weighted by atomic mass is 35.5. The van der Waals surface area contributed by atoms with E-state index in [0.29, 0.717) is 25.2 Å². The Morgan fingerprint density at radius 1 is 1.38 bits per heavy atom. The molecule has 4 nitrogen and oxygen atoms in total. The summed E-state index contributed by atoms with van der Waals surface area (Å²) in [6.07, 6.45) is 0.857. The van der Waals surface area contributed by atoms with E-state index in [9.17, 15) is 12.8 Å². The Kier molecular flexibility index (Phi) is 5.24. The van der Waals surface area contributed by atoms with Crippen molar-refractivity contribution in [3.05, 3.63) is 29.6 Å². The van der Waals surface area contributed by atoms with Crippen LogP contribution >= 0.6 is 11.6 Å². The van der Waals surface area contributed by atoms with Crippen LogP contribution in [-0.2, 0) is 15.9 Å². The van der Waals surface area contributed by atoms with E-state index >= 15 is 0 Å². The molecule has 21 heavy (non-hydrogen) atoms. The molecule has 1 aliphatic rings. The van der Waals surface area contributed by atoms with Crippen LogP contribution in [0.1, 0.15) is 18.9 Å². The summed E-state index contributed by atoms with van der Waals surface area (Å²) in [7, 11) is -1.82. The van der Waals surface area contributed by atoms with Gasteiger partial charge in [0.2, 0.25) is 10.0 Å². The second-order valence-corrected chi connectivity index (χ2v) is 7.48. The molecule has 0 spiro atoms. The van der Waals surface area contributed by atoms with Crippen LogP contribution in [0, 0.1) is 5.82 Å². The minimum absolute atomic E-state index is 0.156. The predicted molar refractivity (Wildman–Crippen MR) is 81.4 cm³/mol. The SMILES string of the molecule is CCC1CN(S(=O)(=O)c2ccc(CCl)cc2F)CCN1C. The second kappa shape index (κ2) is 6.60. The van der Waals surface area contributed by atoms with Gasteiger partial charge in [0, 0.05) is 31.6 Å². The third kappa shape index (κ3) is 3.39. The van der Waals surface area contributed by atoms with Gasteiger partial charge in [0.05, 0.1) is 0 Å². The lowest BCUT2D eigenvalue weighted by molar-refractivity contribution is 0.144. The summed E-state index contributed by atoms with van der Waals surface area (Å²) in [5, 5.41) is 0. The number of nitrogens with zero attached hydrogens (tertiary/aromatic N) is 2. The fourth-order valence-corrected chi connectivity index (χ4v) is 4.23. The largest absolute Gasteiger partial charge is 0.301 e. The van der Waals surface area contributed by atoms with Gasteiger partial charge in [0.1, 0.15) is 10.7 Å². The van der Waals surface area contributed by atoms with Crippen LogP contribution in [-0.4, -0.2) is 50.3 Å². The molecule has 2 rings (SSSR count). The van der Waals surface area contributed by atoms with Gasteiger partial charge in [0.25, 0.3) is 0 Å². The Balaban J connectivity index is 2.30. The fourth-order valence-electron chi connectivity index (χ4n) is 2.55. The highest BCUT2D eigenvalue weighted by molar-refractivity contribution is 7.89. The number of hydrogen-bond donors (Lipinski definition) is 0. The summed E-state index contributed by atoms with van der Waals surface area (Å²) in [5.74, 6) is -0.580. The van der Waals surface area contributed by atoms with Gasteiger partial charge in [-0.05, 0) is 31.2 Å². The molecule has 1 fully saturated rings. The molecule has 7 heteroatoms. The van der Waals surface area contributed by atoms with Gasteiger partial charge in [-0.2, -0.15) is 4.31 Å². The number of halogens is 2. The Bertz CT molecular complexity index is 609. The van der Waals surface area contributed by atoms with Crippen LogP contribution in [0.3, 0.4) is 0 Å². The Morgan fingerprint density at radius 3 is 2.67 bits per heavy atom. The summed E-state index contributed by atoms with van der Waals surface area (Å²) in [5.41, 5.74) is 0.568. The number of likely N-dealkylation sites (N-methyl/N-ethyl adjacent to an activating group) is 1. The maximum absolute atomic E-state index is 14.1. The van der Waals surface area contributed by atoms with Crippen LogP contribution in [0.2, 0.25) is 0 Å². The highest BCUT2D eigenvalue weighted by Crippen LogP contribution is 2.24. The van der Waals surface area contributed by atoms with Gasteiger partial charge < -0.3 is 4.90 Å². The van der Waals surface area contributed by atoms with E-state index in [1.807, 2.05) is 14.0 Å². The van der Waals surface area contributed by atoms with Crippen molar-refractivity contribution in [3.8, 4) is 0 Å². The summed E-state index contributed by atoms with van der Waals surface area (Å²) >= 11 is 5.64. The fraction of sp³-hybridized carbons (Fsp3) is 0.571. The minimum Gasteiger partial charge on any atom is -0.301 e. The molecule has 1 saturated heterocycles. The van der Waals surface area contributed by atoms with Gasteiger partial charge in [0.15, 0.2) is 0 Å². The lowest BCUT2D eigenvalue weighted by Crippen LogP contribution is -2.52. The van der Waals surface area contributed by atoms with E-state index in [-0.39, 0.29) is 16.8 Å². The molecule has 0 N–H and O–H groups in total. The van der Waals surface area contributed by atoms with E-state index in [0.717, 1.165) is 6.42 Å². The zero-order chi connectivity index (χ0) is 15.6. The van der Waals surface area contributed by atoms with Crippen molar-refractivity contribution >= 4 is 21.6 Å². The lowest BCUT2D eigenvalue weighted by atomic mass is 10.1. The molecule has 0 amide bonds. The Morgan fingerprint density at radius 2 is 2.10 bits per heavy atom. The molecule has 0 bridgehead atoms.